The first-order valence-corrected chi connectivity index (χ1v) is 7.28. The number of carboxylic acid groups (broad SMARTS) is 2. The van der Waals surface area contributed by atoms with Crippen LogP contribution in [0.15, 0.2) is 11.6 Å². The van der Waals surface area contributed by atoms with Gasteiger partial charge in [-0.3, -0.25) is 4.52 Å². The molecule has 10 nitrogen and oxygen atoms in total. The van der Waals surface area contributed by atoms with Crippen LogP contribution < -0.4 is 0 Å². The fourth-order valence-corrected chi connectivity index (χ4v) is 2.31. The summed E-state index contributed by atoms with van der Waals surface area (Å²) in [6, 6.07) is 0. The van der Waals surface area contributed by atoms with E-state index in [0.717, 1.165) is 13.0 Å². The summed E-state index contributed by atoms with van der Waals surface area (Å²) in [4.78, 5) is 39.2. The number of carbonyl (C=O) groups is 2. The number of hydrogen-bond donors (Lipinski definition) is 5. The van der Waals surface area contributed by atoms with Crippen molar-refractivity contribution in [3.8, 4) is 0 Å². The number of phosphoric ester groups is 1. The highest BCUT2D eigenvalue weighted by molar-refractivity contribution is 7.46. The fraction of sp³-hybridized carbons (Fsp3) is 0.600. The molecule has 4 atom stereocenters. The Hall–Kier alpha value is -1.29. The van der Waals surface area contributed by atoms with Gasteiger partial charge in [-0.1, -0.05) is 0 Å². The molecule has 0 spiro atoms. The van der Waals surface area contributed by atoms with Crippen LogP contribution in [0, 0.1) is 0 Å². The van der Waals surface area contributed by atoms with Gasteiger partial charge >= 0.3 is 19.8 Å². The molecule has 0 aromatic heterocycles. The molecule has 120 valence electrons. The van der Waals surface area contributed by atoms with Crippen molar-refractivity contribution in [3.63, 3.8) is 0 Å². The molecule has 0 unspecified atom stereocenters. The van der Waals surface area contributed by atoms with E-state index in [2.05, 4.69) is 4.52 Å². The quantitative estimate of drug-likeness (QED) is 0.385. The first kappa shape index (κ1) is 17.8. The predicted octanol–water partition coefficient (Wildman–Crippen LogP) is -0.902. The second-order valence-electron chi connectivity index (χ2n) is 4.41. The van der Waals surface area contributed by atoms with Gasteiger partial charge in [0.05, 0.1) is 0 Å². The summed E-state index contributed by atoms with van der Waals surface area (Å²) in [6.45, 7) is 1.16. The van der Waals surface area contributed by atoms with Gasteiger partial charge in [0, 0.05) is 12.0 Å². The Labute approximate surface area is 118 Å². The van der Waals surface area contributed by atoms with E-state index in [1.54, 1.807) is 0 Å². The average molecular weight is 326 g/mol. The monoisotopic (exact) mass is 326 g/mol. The molecule has 0 bridgehead atoms. The highest BCUT2D eigenvalue weighted by Gasteiger charge is 2.40. The Morgan fingerprint density at radius 3 is 2.38 bits per heavy atom. The molecule has 0 fully saturated rings. The van der Waals surface area contributed by atoms with Gasteiger partial charge < -0.3 is 29.8 Å². The standard InChI is InChI=1S/C10H15O10P/c1-4(9(12)13)19-6-2-5(10(14)15)3-7(8(6)11)20-21(16,17)18/h2,4,6-8,11H,3H2,1H3,(H,12,13)(H,14,15)(H2,16,17,18)/t4-,6-,7-,8+/m1/s1. The summed E-state index contributed by atoms with van der Waals surface area (Å²) in [5.74, 6) is -2.73. The highest BCUT2D eigenvalue weighted by Crippen LogP contribution is 2.41. The Morgan fingerprint density at radius 1 is 1.38 bits per heavy atom. The van der Waals surface area contributed by atoms with Crippen LogP contribution in [-0.4, -0.2) is 61.5 Å². The number of aliphatic hydroxyl groups excluding tert-OH is 1. The molecule has 1 aliphatic rings. The zero-order valence-corrected chi connectivity index (χ0v) is 11.7. The van der Waals surface area contributed by atoms with Crippen LogP contribution in [0.5, 0.6) is 0 Å². The van der Waals surface area contributed by atoms with Crippen molar-refractivity contribution >= 4 is 19.8 Å². The third kappa shape index (κ3) is 5.20. The van der Waals surface area contributed by atoms with E-state index >= 15 is 0 Å². The molecule has 0 heterocycles. The summed E-state index contributed by atoms with van der Waals surface area (Å²) in [5.41, 5.74) is -0.304. The van der Waals surface area contributed by atoms with Gasteiger partial charge in [-0.15, -0.1) is 0 Å². The third-order valence-electron chi connectivity index (χ3n) is 2.76. The minimum Gasteiger partial charge on any atom is -0.479 e. The normalized spacial score (nSPS) is 27.8. The second-order valence-corrected chi connectivity index (χ2v) is 5.60. The van der Waals surface area contributed by atoms with Gasteiger partial charge in [0.1, 0.15) is 18.3 Å². The Balaban J connectivity index is 2.98. The van der Waals surface area contributed by atoms with E-state index in [0.29, 0.717) is 0 Å². The van der Waals surface area contributed by atoms with Gasteiger partial charge in [-0.05, 0) is 13.0 Å². The van der Waals surface area contributed by atoms with E-state index in [4.69, 9.17) is 24.7 Å². The van der Waals surface area contributed by atoms with Crippen molar-refractivity contribution in [3.05, 3.63) is 11.6 Å². The molecule has 0 aromatic carbocycles. The maximum atomic E-state index is 11.0. The third-order valence-corrected chi connectivity index (χ3v) is 3.31. The van der Waals surface area contributed by atoms with Crippen molar-refractivity contribution in [1.82, 2.24) is 0 Å². The van der Waals surface area contributed by atoms with Crippen molar-refractivity contribution < 1.29 is 48.5 Å². The molecule has 0 saturated heterocycles. The largest absolute Gasteiger partial charge is 0.479 e. The molecule has 1 rings (SSSR count). The Kier molecular flexibility index (Phi) is 5.62. The average Bonchev–Trinajstić information content (AvgIpc) is 2.31. The van der Waals surface area contributed by atoms with E-state index in [1.807, 2.05) is 0 Å². The maximum Gasteiger partial charge on any atom is 0.469 e. The molecular formula is C10H15O10P. The summed E-state index contributed by atoms with van der Waals surface area (Å²) < 4.78 is 20.1. The van der Waals surface area contributed by atoms with Crippen LogP contribution in [0.1, 0.15) is 13.3 Å². The van der Waals surface area contributed by atoms with Crippen LogP contribution in [0.25, 0.3) is 0 Å². The van der Waals surface area contributed by atoms with Gasteiger partial charge in [-0.25, -0.2) is 14.2 Å². The number of carboxylic acids is 2. The zero-order chi connectivity index (χ0) is 16.4. The molecule has 0 amide bonds. The molecule has 0 radical (unpaired) electrons. The molecule has 0 saturated carbocycles. The predicted molar refractivity (Wildman–Crippen MR) is 65.2 cm³/mol. The Bertz CT molecular complexity index is 494. The zero-order valence-electron chi connectivity index (χ0n) is 10.8. The van der Waals surface area contributed by atoms with E-state index in [-0.39, 0.29) is 5.57 Å². The van der Waals surface area contributed by atoms with Crippen LogP contribution >= 0.6 is 7.82 Å². The van der Waals surface area contributed by atoms with Gasteiger partial charge in [-0.2, -0.15) is 0 Å². The summed E-state index contributed by atoms with van der Waals surface area (Å²) in [5, 5.41) is 27.6. The lowest BCUT2D eigenvalue weighted by atomic mass is 9.92. The molecule has 0 aliphatic heterocycles. The van der Waals surface area contributed by atoms with Gasteiger partial charge in [0.15, 0.2) is 6.10 Å². The van der Waals surface area contributed by atoms with Gasteiger partial charge in [0.25, 0.3) is 0 Å². The minimum absolute atomic E-state index is 0.304. The molecule has 11 heteroatoms. The molecular weight excluding hydrogens is 311 g/mol. The van der Waals surface area contributed by atoms with Crippen molar-refractivity contribution in [2.45, 2.75) is 37.8 Å². The molecule has 0 aromatic rings. The number of ether oxygens (including phenoxy) is 1. The van der Waals surface area contributed by atoms with Crippen molar-refractivity contribution in [1.29, 1.82) is 0 Å². The smallest absolute Gasteiger partial charge is 0.469 e. The second kappa shape index (κ2) is 6.65. The summed E-state index contributed by atoms with van der Waals surface area (Å²) >= 11 is 0. The number of rotatable bonds is 6. The van der Waals surface area contributed by atoms with Crippen LogP contribution in [0.4, 0.5) is 0 Å². The summed E-state index contributed by atoms with van der Waals surface area (Å²) in [6.07, 6.45) is -5.36. The van der Waals surface area contributed by atoms with Crippen LogP contribution in [-0.2, 0) is 23.4 Å². The summed E-state index contributed by atoms with van der Waals surface area (Å²) in [7, 11) is -4.96. The number of phosphoric acid groups is 1. The lowest BCUT2D eigenvalue weighted by Crippen LogP contribution is -2.45. The lowest BCUT2D eigenvalue weighted by molar-refractivity contribution is -0.158. The van der Waals surface area contributed by atoms with Crippen LogP contribution in [0.2, 0.25) is 0 Å². The van der Waals surface area contributed by atoms with Crippen LogP contribution in [0.3, 0.4) is 0 Å². The number of aliphatic hydroxyl groups is 1. The SMILES string of the molecule is C[C@@H](O[C@@H]1C=C(C(=O)O)C[C@@H](OP(=O)(O)O)[C@H]1O)C(=O)O. The Morgan fingerprint density at radius 2 is 1.95 bits per heavy atom. The van der Waals surface area contributed by atoms with Gasteiger partial charge in [0.2, 0.25) is 0 Å². The molecule has 5 N–H and O–H groups in total. The maximum absolute atomic E-state index is 11.0. The fourth-order valence-electron chi connectivity index (χ4n) is 1.76. The number of hydrogen-bond acceptors (Lipinski definition) is 6. The number of aliphatic carboxylic acids is 2. The minimum atomic E-state index is -4.96. The van der Waals surface area contributed by atoms with Crippen molar-refractivity contribution in [2.75, 3.05) is 0 Å². The van der Waals surface area contributed by atoms with Crippen molar-refractivity contribution in [2.24, 2.45) is 0 Å². The lowest BCUT2D eigenvalue weighted by Gasteiger charge is -2.33. The first-order valence-electron chi connectivity index (χ1n) is 5.75. The first-order chi connectivity index (χ1) is 9.51. The highest BCUT2D eigenvalue weighted by atomic mass is 31.2. The van der Waals surface area contributed by atoms with E-state index in [9.17, 15) is 19.3 Å². The molecule has 1 aliphatic carbocycles. The molecule has 21 heavy (non-hydrogen) atoms. The van der Waals surface area contributed by atoms with E-state index in [1.165, 1.54) is 0 Å². The topological polar surface area (TPSA) is 171 Å². The van der Waals surface area contributed by atoms with E-state index < -0.39 is 50.6 Å².